The molecule has 0 radical (unpaired) electrons. The number of halogens is 3. The minimum absolute atomic E-state index is 0.00511. The molecule has 0 unspecified atom stereocenters. The summed E-state index contributed by atoms with van der Waals surface area (Å²) in [4.78, 5) is 27.3. The van der Waals surface area contributed by atoms with Crippen LogP contribution in [-0.2, 0) is 20.7 Å². The van der Waals surface area contributed by atoms with Crippen molar-refractivity contribution in [3.63, 3.8) is 0 Å². The second kappa shape index (κ2) is 14.5. The minimum atomic E-state index is -4.60. The van der Waals surface area contributed by atoms with Gasteiger partial charge >= 0.3 is 13.3 Å². The predicted octanol–water partition coefficient (Wildman–Crippen LogP) is 1.75. The first kappa shape index (κ1) is 32.3. The first-order valence-electron chi connectivity index (χ1n) is 12.7. The fourth-order valence-corrected chi connectivity index (χ4v) is 4.18. The number of rotatable bonds is 12. The fraction of sp³-hybridized carbons (Fsp3) is 0.577. The molecule has 0 aliphatic carbocycles. The Balaban J connectivity index is 2.06. The van der Waals surface area contributed by atoms with Crippen molar-refractivity contribution in [1.82, 2.24) is 15.5 Å². The van der Waals surface area contributed by atoms with Crippen molar-refractivity contribution in [1.29, 1.82) is 5.26 Å². The third kappa shape index (κ3) is 11.4. The molecule has 13 heteroatoms. The standard InChI is InChI=1S/C26H36BF3N4O5/c1-25(2,3)13-19(14-31)24(36)34-11-7-10-20(34)15-39-16-21(32-17-26(28,29)30)23(35)33-22(27(37)38)12-18-8-5-4-6-9-18/h4-6,8-9,13,20-22,32,37-38H,7,10-12,15-17H2,1-3H3,(H,33,35)/t20-,21+,22+/m1/s1. The summed E-state index contributed by atoms with van der Waals surface area (Å²) in [6.07, 6.45) is -1.73. The highest BCUT2D eigenvalue weighted by Crippen LogP contribution is 2.23. The molecule has 1 aromatic rings. The van der Waals surface area contributed by atoms with E-state index in [9.17, 15) is 38.1 Å². The molecule has 39 heavy (non-hydrogen) atoms. The molecule has 1 heterocycles. The number of hydrogen-bond acceptors (Lipinski definition) is 7. The first-order chi connectivity index (χ1) is 18.2. The number of allylic oxidation sites excluding steroid dienone is 1. The number of carbonyl (C=O) groups excluding carboxylic acids is 2. The zero-order chi connectivity index (χ0) is 29.2. The van der Waals surface area contributed by atoms with Crippen molar-refractivity contribution < 1.29 is 37.5 Å². The molecular weight excluding hydrogens is 516 g/mol. The minimum Gasteiger partial charge on any atom is -0.426 e. The predicted molar refractivity (Wildman–Crippen MR) is 139 cm³/mol. The zero-order valence-electron chi connectivity index (χ0n) is 22.4. The van der Waals surface area contributed by atoms with Gasteiger partial charge in [0, 0.05) is 6.54 Å². The van der Waals surface area contributed by atoms with E-state index in [1.54, 1.807) is 36.4 Å². The first-order valence-corrected chi connectivity index (χ1v) is 12.7. The zero-order valence-corrected chi connectivity index (χ0v) is 22.4. The van der Waals surface area contributed by atoms with E-state index < -0.39 is 61.7 Å². The number of nitriles is 1. The summed E-state index contributed by atoms with van der Waals surface area (Å²) in [5.74, 6) is -2.51. The summed E-state index contributed by atoms with van der Waals surface area (Å²) < 4.78 is 44.3. The van der Waals surface area contributed by atoms with E-state index in [-0.39, 0.29) is 18.6 Å². The van der Waals surface area contributed by atoms with Crippen LogP contribution in [0.4, 0.5) is 13.2 Å². The van der Waals surface area contributed by atoms with Crippen molar-refractivity contribution in [2.24, 2.45) is 5.41 Å². The Kier molecular flexibility index (Phi) is 12.0. The average molecular weight is 552 g/mol. The number of hydrogen-bond donors (Lipinski definition) is 4. The molecule has 0 saturated carbocycles. The molecule has 1 aromatic carbocycles. The highest BCUT2D eigenvalue weighted by molar-refractivity contribution is 6.43. The van der Waals surface area contributed by atoms with E-state index in [4.69, 9.17) is 4.74 Å². The van der Waals surface area contributed by atoms with Crippen LogP contribution >= 0.6 is 0 Å². The van der Waals surface area contributed by atoms with Gasteiger partial charge in [0.1, 0.15) is 17.7 Å². The normalized spacial score (nSPS) is 17.9. The Bertz CT molecular complexity index is 1030. The maximum atomic E-state index is 12.9. The SMILES string of the molecule is CC(C)(C)C=C(C#N)C(=O)N1CCC[C@@H]1COC[C@H](NCC(F)(F)F)C(=O)N[C@@H](Cc1ccccc1)B(O)O. The number of alkyl halides is 3. The van der Waals surface area contributed by atoms with Crippen molar-refractivity contribution in [2.75, 3.05) is 26.3 Å². The van der Waals surface area contributed by atoms with Gasteiger partial charge in [-0.2, -0.15) is 18.4 Å². The van der Waals surface area contributed by atoms with Gasteiger partial charge in [0.05, 0.1) is 31.7 Å². The third-order valence-corrected chi connectivity index (χ3v) is 6.01. The molecule has 1 fully saturated rings. The van der Waals surface area contributed by atoms with Crippen LogP contribution in [0.2, 0.25) is 0 Å². The maximum absolute atomic E-state index is 12.9. The van der Waals surface area contributed by atoms with Gasteiger partial charge in [0.15, 0.2) is 0 Å². The van der Waals surface area contributed by atoms with Gasteiger partial charge in [-0.25, -0.2) is 0 Å². The third-order valence-electron chi connectivity index (χ3n) is 6.01. The summed E-state index contributed by atoms with van der Waals surface area (Å²) in [7, 11) is -1.95. The second-order valence-corrected chi connectivity index (χ2v) is 10.6. The molecule has 4 N–H and O–H groups in total. The Morgan fingerprint density at radius 3 is 2.49 bits per heavy atom. The van der Waals surface area contributed by atoms with Gasteiger partial charge in [0.25, 0.3) is 5.91 Å². The number of ether oxygens (including phenoxy) is 1. The molecule has 1 aliphatic rings. The second-order valence-electron chi connectivity index (χ2n) is 10.6. The molecule has 214 valence electrons. The van der Waals surface area contributed by atoms with E-state index in [0.717, 1.165) is 0 Å². The van der Waals surface area contributed by atoms with Gasteiger partial charge in [0.2, 0.25) is 5.91 Å². The van der Waals surface area contributed by atoms with E-state index in [1.165, 1.54) is 4.90 Å². The summed E-state index contributed by atoms with van der Waals surface area (Å²) in [6, 6.07) is 8.73. The van der Waals surface area contributed by atoms with Crippen LogP contribution < -0.4 is 10.6 Å². The van der Waals surface area contributed by atoms with Crippen LogP contribution in [-0.4, -0.2) is 84.4 Å². The Morgan fingerprint density at radius 1 is 1.26 bits per heavy atom. The largest absolute Gasteiger partial charge is 0.475 e. The Morgan fingerprint density at radius 2 is 1.92 bits per heavy atom. The average Bonchev–Trinajstić information content (AvgIpc) is 3.31. The summed E-state index contributed by atoms with van der Waals surface area (Å²) in [6.45, 7) is 4.03. The summed E-state index contributed by atoms with van der Waals surface area (Å²) in [5.41, 5.74) is 0.304. The number of nitrogens with one attached hydrogen (secondary N) is 2. The summed E-state index contributed by atoms with van der Waals surface area (Å²) in [5, 5.41) is 33.5. The smallest absolute Gasteiger partial charge is 0.426 e. The van der Waals surface area contributed by atoms with E-state index in [2.05, 4.69) is 10.6 Å². The number of amides is 2. The van der Waals surface area contributed by atoms with Crippen molar-refractivity contribution in [3.05, 3.63) is 47.5 Å². The monoisotopic (exact) mass is 552 g/mol. The topological polar surface area (TPSA) is 135 Å². The molecule has 2 amide bonds. The lowest BCUT2D eigenvalue weighted by molar-refractivity contribution is -0.135. The van der Waals surface area contributed by atoms with Gasteiger partial charge in [-0.05, 0) is 30.2 Å². The number of benzene rings is 1. The fourth-order valence-electron chi connectivity index (χ4n) is 4.18. The molecule has 3 atom stereocenters. The molecular formula is C26H36BF3N4O5. The highest BCUT2D eigenvalue weighted by atomic mass is 19.4. The molecule has 0 aromatic heterocycles. The van der Waals surface area contributed by atoms with Gasteiger partial charge in [-0.1, -0.05) is 57.2 Å². The molecule has 1 saturated heterocycles. The number of carbonyl (C=O) groups is 2. The lowest BCUT2D eigenvalue weighted by atomic mass is 9.76. The van der Waals surface area contributed by atoms with E-state index >= 15 is 0 Å². The van der Waals surface area contributed by atoms with Crippen molar-refractivity contribution >= 4 is 18.9 Å². The van der Waals surface area contributed by atoms with Crippen LogP contribution in [0.15, 0.2) is 42.0 Å². The molecule has 0 spiro atoms. The van der Waals surface area contributed by atoms with Crippen LogP contribution in [0.3, 0.4) is 0 Å². The van der Waals surface area contributed by atoms with Gasteiger partial charge < -0.3 is 25.0 Å². The Hall–Kier alpha value is -2.92. The number of nitrogens with zero attached hydrogens (tertiary/aromatic N) is 2. The van der Waals surface area contributed by atoms with Crippen LogP contribution in [0, 0.1) is 16.7 Å². The highest BCUT2D eigenvalue weighted by Gasteiger charge is 2.34. The van der Waals surface area contributed by atoms with Crippen molar-refractivity contribution in [2.45, 2.75) is 64.2 Å². The molecule has 2 rings (SSSR count). The van der Waals surface area contributed by atoms with E-state index in [1.807, 2.05) is 26.8 Å². The van der Waals surface area contributed by atoms with Crippen LogP contribution in [0.5, 0.6) is 0 Å². The molecule has 9 nitrogen and oxygen atoms in total. The summed E-state index contributed by atoms with van der Waals surface area (Å²) >= 11 is 0. The molecule has 0 bridgehead atoms. The van der Waals surface area contributed by atoms with Gasteiger partial charge in [-0.3, -0.25) is 14.9 Å². The Labute approximate surface area is 227 Å². The van der Waals surface area contributed by atoms with Crippen molar-refractivity contribution in [3.8, 4) is 6.07 Å². The van der Waals surface area contributed by atoms with Gasteiger partial charge in [-0.15, -0.1) is 0 Å². The molecule has 1 aliphatic heterocycles. The lowest BCUT2D eigenvalue weighted by Crippen LogP contribution is -2.56. The lowest BCUT2D eigenvalue weighted by Gasteiger charge is -2.27. The quantitative estimate of drug-likeness (QED) is 0.176. The van der Waals surface area contributed by atoms with Crippen LogP contribution in [0.25, 0.3) is 0 Å². The van der Waals surface area contributed by atoms with E-state index in [0.29, 0.717) is 24.9 Å². The maximum Gasteiger partial charge on any atom is 0.475 e. The number of likely N-dealkylation sites (tertiary alicyclic amines) is 1. The van der Waals surface area contributed by atoms with Crippen LogP contribution in [0.1, 0.15) is 39.2 Å².